The molecular formula is C12H16N4. The van der Waals surface area contributed by atoms with E-state index in [-0.39, 0.29) is 6.04 Å². The second kappa shape index (κ2) is 4.45. The summed E-state index contributed by atoms with van der Waals surface area (Å²) in [7, 11) is 0. The molecule has 4 nitrogen and oxygen atoms in total. The van der Waals surface area contributed by atoms with Crippen molar-refractivity contribution in [2.45, 2.75) is 26.3 Å². The SMILES string of the molecule is CCC(N)c1ccc(-n2cc(C)cn2)cn1. The minimum atomic E-state index is 0.0217. The molecule has 84 valence electrons. The average molecular weight is 216 g/mol. The molecule has 16 heavy (non-hydrogen) atoms. The molecule has 0 bridgehead atoms. The van der Waals surface area contributed by atoms with Crippen molar-refractivity contribution in [3.63, 3.8) is 0 Å². The van der Waals surface area contributed by atoms with Gasteiger partial charge >= 0.3 is 0 Å². The molecule has 2 rings (SSSR count). The van der Waals surface area contributed by atoms with E-state index in [2.05, 4.69) is 17.0 Å². The molecule has 0 aliphatic rings. The van der Waals surface area contributed by atoms with E-state index in [1.165, 1.54) is 0 Å². The van der Waals surface area contributed by atoms with E-state index in [0.29, 0.717) is 0 Å². The second-order valence-electron chi connectivity index (χ2n) is 3.92. The van der Waals surface area contributed by atoms with Crippen LogP contribution in [-0.2, 0) is 0 Å². The fraction of sp³-hybridized carbons (Fsp3) is 0.333. The van der Waals surface area contributed by atoms with Crippen molar-refractivity contribution in [1.29, 1.82) is 0 Å². The molecule has 0 amide bonds. The first kappa shape index (κ1) is 10.8. The van der Waals surface area contributed by atoms with Gasteiger partial charge in [0, 0.05) is 12.2 Å². The highest BCUT2D eigenvalue weighted by Crippen LogP contribution is 2.13. The lowest BCUT2D eigenvalue weighted by Gasteiger charge is -2.08. The van der Waals surface area contributed by atoms with E-state index in [4.69, 9.17) is 5.73 Å². The molecule has 0 aliphatic heterocycles. The number of aryl methyl sites for hydroxylation is 1. The van der Waals surface area contributed by atoms with Crippen molar-refractivity contribution in [2.24, 2.45) is 5.73 Å². The number of aromatic nitrogens is 3. The number of rotatable bonds is 3. The van der Waals surface area contributed by atoms with Crippen LogP contribution in [0.25, 0.3) is 5.69 Å². The van der Waals surface area contributed by atoms with E-state index in [1.54, 1.807) is 6.20 Å². The Labute approximate surface area is 95.1 Å². The lowest BCUT2D eigenvalue weighted by Crippen LogP contribution is -2.10. The monoisotopic (exact) mass is 216 g/mol. The first-order valence-electron chi connectivity index (χ1n) is 5.44. The molecule has 2 heterocycles. The van der Waals surface area contributed by atoms with Crippen LogP contribution in [0.15, 0.2) is 30.7 Å². The summed E-state index contributed by atoms with van der Waals surface area (Å²) in [5.41, 5.74) is 8.92. The summed E-state index contributed by atoms with van der Waals surface area (Å²) in [6.45, 7) is 4.06. The third kappa shape index (κ3) is 2.12. The molecule has 4 heteroatoms. The maximum atomic E-state index is 5.90. The van der Waals surface area contributed by atoms with Gasteiger partial charge in [0.1, 0.15) is 0 Å². The molecule has 0 aliphatic carbocycles. The smallest absolute Gasteiger partial charge is 0.0829 e. The lowest BCUT2D eigenvalue weighted by atomic mass is 10.1. The summed E-state index contributed by atoms with van der Waals surface area (Å²) in [4.78, 5) is 4.35. The van der Waals surface area contributed by atoms with Crippen LogP contribution in [0.5, 0.6) is 0 Å². The first-order valence-corrected chi connectivity index (χ1v) is 5.44. The lowest BCUT2D eigenvalue weighted by molar-refractivity contribution is 0.674. The van der Waals surface area contributed by atoms with Crippen molar-refractivity contribution in [3.8, 4) is 5.69 Å². The van der Waals surface area contributed by atoms with Gasteiger partial charge in [-0.1, -0.05) is 6.92 Å². The van der Waals surface area contributed by atoms with Gasteiger partial charge in [-0.3, -0.25) is 4.98 Å². The number of hydrogen-bond acceptors (Lipinski definition) is 3. The van der Waals surface area contributed by atoms with Gasteiger partial charge in [0.05, 0.1) is 23.8 Å². The van der Waals surface area contributed by atoms with Crippen molar-refractivity contribution in [2.75, 3.05) is 0 Å². The first-order chi connectivity index (χ1) is 7.70. The fourth-order valence-electron chi connectivity index (χ4n) is 1.52. The molecule has 1 atom stereocenters. The van der Waals surface area contributed by atoms with Crippen molar-refractivity contribution < 1.29 is 0 Å². The predicted molar refractivity (Wildman–Crippen MR) is 63.3 cm³/mol. The van der Waals surface area contributed by atoms with Gasteiger partial charge in [-0.05, 0) is 31.0 Å². The van der Waals surface area contributed by atoms with Gasteiger partial charge in [-0.2, -0.15) is 5.10 Å². The summed E-state index contributed by atoms with van der Waals surface area (Å²) in [5.74, 6) is 0. The van der Waals surface area contributed by atoms with Crippen LogP contribution in [0.3, 0.4) is 0 Å². The highest BCUT2D eigenvalue weighted by Gasteiger charge is 2.05. The number of hydrogen-bond donors (Lipinski definition) is 1. The average Bonchev–Trinajstić information content (AvgIpc) is 2.75. The van der Waals surface area contributed by atoms with Crippen molar-refractivity contribution in [3.05, 3.63) is 42.0 Å². The van der Waals surface area contributed by atoms with Gasteiger partial charge in [0.25, 0.3) is 0 Å². The molecule has 2 aromatic rings. The molecule has 0 fully saturated rings. The fourth-order valence-corrected chi connectivity index (χ4v) is 1.52. The molecule has 1 unspecified atom stereocenters. The Morgan fingerprint density at radius 3 is 2.69 bits per heavy atom. The van der Waals surface area contributed by atoms with Crippen LogP contribution in [0.4, 0.5) is 0 Å². The van der Waals surface area contributed by atoms with Crippen LogP contribution in [-0.4, -0.2) is 14.8 Å². The molecule has 2 N–H and O–H groups in total. The zero-order chi connectivity index (χ0) is 11.5. The van der Waals surface area contributed by atoms with E-state index in [9.17, 15) is 0 Å². The maximum Gasteiger partial charge on any atom is 0.0829 e. The van der Waals surface area contributed by atoms with Gasteiger partial charge in [0.2, 0.25) is 0 Å². The largest absolute Gasteiger partial charge is 0.323 e. The molecular weight excluding hydrogens is 200 g/mol. The van der Waals surface area contributed by atoms with Gasteiger partial charge in [0.15, 0.2) is 0 Å². The minimum absolute atomic E-state index is 0.0217. The van der Waals surface area contributed by atoms with Crippen LogP contribution in [0.2, 0.25) is 0 Å². The molecule has 2 aromatic heterocycles. The van der Waals surface area contributed by atoms with Crippen LogP contribution < -0.4 is 5.73 Å². The number of pyridine rings is 1. The highest BCUT2D eigenvalue weighted by atomic mass is 15.3. The molecule has 0 spiro atoms. The third-order valence-corrected chi connectivity index (χ3v) is 2.57. The standard InChI is InChI=1S/C12H16N4/c1-3-11(13)12-5-4-10(7-14-12)16-8-9(2)6-15-16/h4-8,11H,3,13H2,1-2H3. The summed E-state index contributed by atoms with van der Waals surface area (Å²) in [6.07, 6.45) is 6.49. The second-order valence-corrected chi connectivity index (χ2v) is 3.92. The van der Waals surface area contributed by atoms with Crippen molar-refractivity contribution >= 4 is 0 Å². The van der Waals surface area contributed by atoms with Crippen LogP contribution in [0, 0.1) is 6.92 Å². The minimum Gasteiger partial charge on any atom is -0.323 e. The topological polar surface area (TPSA) is 56.7 Å². The van der Waals surface area contributed by atoms with E-state index in [0.717, 1.165) is 23.4 Å². The molecule has 0 saturated carbocycles. The predicted octanol–water partition coefficient (Wildman–Crippen LogP) is 1.99. The van der Waals surface area contributed by atoms with Crippen LogP contribution >= 0.6 is 0 Å². The summed E-state index contributed by atoms with van der Waals surface area (Å²) in [6, 6.07) is 3.97. The van der Waals surface area contributed by atoms with Gasteiger partial charge < -0.3 is 5.73 Å². The zero-order valence-corrected chi connectivity index (χ0v) is 9.59. The Balaban J connectivity index is 2.25. The van der Waals surface area contributed by atoms with Crippen molar-refractivity contribution in [1.82, 2.24) is 14.8 Å². The Kier molecular flexibility index (Phi) is 3.01. The quantitative estimate of drug-likeness (QED) is 0.853. The Bertz CT molecular complexity index is 458. The maximum absolute atomic E-state index is 5.90. The third-order valence-electron chi connectivity index (χ3n) is 2.57. The van der Waals surface area contributed by atoms with Gasteiger partial charge in [-0.15, -0.1) is 0 Å². The van der Waals surface area contributed by atoms with E-state index in [1.807, 2.05) is 36.1 Å². The van der Waals surface area contributed by atoms with E-state index < -0.39 is 0 Å². The number of nitrogens with zero attached hydrogens (tertiary/aromatic N) is 3. The molecule has 0 radical (unpaired) electrons. The Morgan fingerprint density at radius 1 is 1.38 bits per heavy atom. The van der Waals surface area contributed by atoms with Crippen LogP contribution in [0.1, 0.15) is 30.6 Å². The van der Waals surface area contributed by atoms with E-state index >= 15 is 0 Å². The Hall–Kier alpha value is -1.68. The summed E-state index contributed by atoms with van der Waals surface area (Å²) in [5, 5.41) is 4.23. The normalized spacial score (nSPS) is 12.7. The zero-order valence-electron chi connectivity index (χ0n) is 9.59. The molecule has 0 aromatic carbocycles. The number of nitrogens with two attached hydrogens (primary N) is 1. The molecule has 0 saturated heterocycles. The van der Waals surface area contributed by atoms with Gasteiger partial charge in [-0.25, -0.2) is 4.68 Å². The summed E-state index contributed by atoms with van der Waals surface area (Å²) < 4.78 is 1.81. The Morgan fingerprint density at radius 2 is 2.19 bits per heavy atom. The highest BCUT2D eigenvalue weighted by molar-refractivity contribution is 5.30. The summed E-state index contributed by atoms with van der Waals surface area (Å²) >= 11 is 0.